The minimum Gasteiger partial charge on any atom is -0.491 e. The average molecular weight is 598 g/mol. The molecule has 0 aliphatic carbocycles. The van der Waals surface area contributed by atoms with E-state index in [0.29, 0.717) is 6.42 Å². The zero-order chi connectivity index (χ0) is 31.7. The third kappa shape index (κ3) is 9.52. The number of carbonyl (C=O) groups is 5. The van der Waals surface area contributed by atoms with Crippen LogP contribution in [0.25, 0.3) is 0 Å². The molecule has 3 rings (SSSR count). The molecule has 2 aromatic rings. The minimum atomic E-state index is -1.45. The summed E-state index contributed by atoms with van der Waals surface area (Å²) in [5, 5.41) is 13.5. The number of benzene rings is 2. The Hall–Kier alpha value is -4.48. The fourth-order valence-electron chi connectivity index (χ4n) is 4.42. The molecule has 1 heterocycles. The second-order valence-corrected chi connectivity index (χ2v) is 11.5. The molecule has 3 atom stereocenters. The van der Waals surface area contributed by atoms with E-state index in [2.05, 4.69) is 26.6 Å². The quantitative estimate of drug-likeness (QED) is 0.353. The Labute approximate surface area is 250 Å². The number of nitrogens with one attached hydrogen (secondary N) is 5. The average Bonchev–Trinajstić information content (AvgIpc) is 2.94. The van der Waals surface area contributed by atoms with Gasteiger partial charge in [-0.3, -0.25) is 24.0 Å². The number of rotatable bonds is 5. The normalized spacial score (nSPS) is 21.7. The summed E-state index contributed by atoms with van der Waals surface area (Å²) in [6.07, 6.45) is -0.0797. The van der Waals surface area contributed by atoms with E-state index in [1.165, 1.54) is 32.0 Å². The highest BCUT2D eigenvalue weighted by molar-refractivity contribution is 6.01. The van der Waals surface area contributed by atoms with Crippen LogP contribution >= 0.6 is 0 Å². The fourth-order valence-corrected chi connectivity index (χ4v) is 4.42. The van der Waals surface area contributed by atoms with Gasteiger partial charge < -0.3 is 31.3 Å². The molecule has 0 saturated heterocycles. The molecule has 2 aromatic carbocycles. The number of para-hydroxylation sites is 1. The van der Waals surface area contributed by atoms with Crippen molar-refractivity contribution in [1.29, 1.82) is 0 Å². The summed E-state index contributed by atoms with van der Waals surface area (Å²) < 4.78 is 19.1. The Balaban J connectivity index is 1.87. The monoisotopic (exact) mass is 597 g/mol. The fraction of sp³-hybridized carbons (Fsp3) is 0.452. The van der Waals surface area contributed by atoms with Crippen LogP contribution in [0.1, 0.15) is 57.0 Å². The minimum absolute atomic E-state index is 0.0215. The van der Waals surface area contributed by atoms with Gasteiger partial charge in [-0.2, -0.15) is 0 Å². The van der Waals surface area contributed by atoms with Gasteiger partial charge in [-0.05, 0) is 62.9 Å². The van der Waals surface area contributed by atoms with Gasteiger partial charge in [-0.15, -0.1) is 0 Å². The third-order valence-electron chi connectivity index (χ3n) is 6.90. The highest BCUT2D eigenvalue weighted by Gasteiger charge is 2.36. The maximum absolute atomic E-state index is 13.4. The number of amides is 5. The van der Waals surface area contributed by atoms with Crippen LogP contribution in [0.2, 0.25) is 0 Å². The van der Waals surface area contributed by atoms with Crippen LogP contribution in [0, 0.1) is 11.7 Å². The molecule has 43 heavy (non-hydrogen) atoms. The molecule has 5 amide bonds. The standard InChI is InChI=1S/C31H40FN5O6/c1-18(2)26-29(41)34-19(3)17-43-24-9-7-6-8-22(24)27(39)35-23(16-25(38)37-31(4,5)30(42)36-26)28(40)33-15-14-20-10-12-21(32)13-11-20/h6-13,18-19,23,26H,14-17H2,1-5H3,(H,33,40)(H,34,41)(H,35,39)(H,36,42)(H,37,38)/t19-,23-,26+/m0/s1. The molecular weight excluding hydrogens is 557 g/mol. The van der Waals surface area contributed by atoms with Gasteiger partial charge in [-0.25, -0.2) is 4.39 Å². The summed E-state index contributed by atoms with van der Waals surface area (Å²) in [4.78, 5) is 66.0. The molecule has 0 aromatic heterocycles. The van der Waals surface area contributed by atoms with E-state index in [-0.39, 0.29) is 36.2 Å². The van der Waals surface area contributed by atoms with E-state index in [4.69, 9.17) is 4.74 Å². The number of hydrogen-bond donors (Lipinski definition) is 5. The van der Waals surface area contributed by atoms with Crippen molar-refractivity contribution in [2.45, 2.75) is 71.1 Å². The van der Waals surface area contributed by atoms with Crippen LogP contribution < -0.4 is 31.3 Å². The highest BCUT2D eigenvalue weighted by atomic mass is 19.1. The Morgan fingerprint density at radius 1 is 1.02 bits per heavy atom. The van der Waals surface area contributed by atoms with Crippen molar-refractivity contribution in [2.75, 3.05) is 13.2 Å². The Morgan fingerprint density at radius 3 is 2.37 bits per heavy atom. The topological polar surface area (TPSA) is 155 Å². The van der Waals surface area contributed by atoms with Crippen molar-refractivity contribution >= 4 is 29.5 Å². The lowest BCUT2D eigenvalue weighted by Crippen LogP contribution is -2.61. The number of hydrogen-bond acceptors (Lipinski definition) is 6. The molecule has 0 spiro atoms. The first-order valence-corrected chi connectivity index (χ1v) is 14.2. The molecule has 232 valence electrons. The highest BCUT2D eigenvalue weighted by Crippen LogP contribution is 2.19. The van der Waals surface area contributed by atoms with Crippen LogP contribution in [0.15, 0.2) is 48.5 Å². The summed E-state index contributed by atoms with van der Waals surface area (Å²) in [6, 6.07) is 9.58. The molecule has 5 N–H and O–H groups in total. The second kappa shape index (κ2) is 14.6. The van der Waals surface area contributed by atoms with Crippen LogP contribution in [-0.2, 0) is 25.6 Å². The van der Waals surface area contributed by atoms with E-state index >= 15 is 0 Å². The van der Waals surface area contributed by atoms with E-state index in [9.17, 15) is 28.4 Å². The van der Waals surface area contributed by atoms with Gasteiger partial charge in [0.2, 0.25) is 23.6 Å². The third-order valence-corrected chi connectivity index (χ3v) is 6.90. The largest absolute Gasteiger partial charge is 0.491 e. The first-order valence-electron chi connectivity index (χ1n) is 14.2. The van der Waals surface area contributed by atoms with Crippen molar-refractivity contribution in [3.8, 4) is 5.75 Å². The van der Waals surface area contributed by atoms with E-state index in [0.717, 1.165) is 5.56 Å². The number of ether oxygens (including phenoxy) is 1. The maximum atomic E-state index is 13.4. The van der Waals surface area contributed by atoms with E-state index < -0.39 is 59.6 Å². The van der Waals surface area contributed by atoms with Crippen LogP contribution in [0.4, 0.5) is 4.39 Å². The molecule has 0 saturated carbocycles. The summed E-state index contributed by atoms with van der Waals surface area (Å²) >= 11 is 0. The lowest BCUT2D eigenvalue weighted by Gasteiger charge is -2.30. The summed E-state index contributed by atoms with van der Waals surface area (Å²) in [5.74, 6) is -3.38. The molecule has 12 heteroatoms. The Bertz CT molecular complexity index is 1330. The lowest BCUT2D eigenvalue weighted by atomic mass is 9.98. The number of halogens is 1. The van der Waals surface area contributed by atoms with Gasteiger partial charge in [-0.1, -0.05) is 38.1 Å². The first-order chi connectivity index (χ1) is 20.3. The molecule has 0 radical (unpaired) electrons. The zero-order valence-corrected chi connectivity index (χ0v) is 25.1. The van der Waals surface area contributed by atoms with Crippen LogP contribution in [0.3, 0.4) is 0 Å². The van der Waals surface area contributed by atoms with Crippen molar-refractivity contribution in [3.63, 3.8) is 0 Å². The Kier molecular flexibility index (Phi) is 11.2. The van der Waals surface area contributed by atoms with Gasteiger partial charge in [0.05, 0.1) is 18.0 Å². The van der Waals surface area contributed by atoms with E-state index in [1.54, 1.807) is 51.1 Å². The van der Waals surface area contributed by atoms with Gasteiger partial charge in [0.1, 0.15) is 35.8 Å². The first kappa shape index (κ1) is 33.0. The van der Waals surface area contributed by atoms with Crippen molar-refractivity contribution in [1.82, 2.24) is 26.6 Å². The lowest BCUT2D eigenvalue weighted by molar-refractivity contribution is -0.136. The molecule has 0 unspecified atom stereocenters. The van der Waals surface area contributed by atoms with Crippen molar-refractivity contribution in [2.24, 2.45) is 5.92 Å². The molecule has 0 bridgehead atoms. The number of fused-ring (bicyclic) bond motifs is 1. The summed E-state index contributed by atoms with van der Waals surface area (Å²) in [6.45, 7) is 8.44. The van der Waals surface area contributed by atoms with Gasteiger partial charge in [0, 0.05) is 6.54 Å². The van der Waals surface area contributed by atoms with Gasteiger partial charge >= 0.3 is 0 Å². The molecule has 11 nitrogen and oxygen atoms in total. The number of carbonyl (C=O) groups excluding carboxylic acids is 5. The van der Waals surface area contributed by atoms with Crippen LogP contribution in [0.5, 0.6) is 5.75 Å². The predicted octanol–water partition coefficient (Wildman–Crippen LogP) is 1.61. The summed E-state index contributed by atoms with van der Waals surface area (Å²) in [7, 11) is 0. The Morgan fingerprint density at radius 2 is 1.70 bits per heavy atom. The van der Waals surface area contributed by atoms with Crippen LogP contribution in [-0.4, -0.2) is 66.4 Å². The molecule has 0 fully saturated rings. The molecular formula is C31H40FN5O6. The second-order valence-electron chi connectivity index (χ2n) is 11.5. The maximum Gasteiger partial charge on any atom is 0.255 e. The van der Waals surface area contributed by atoms with Crippen molar-refractivity contribution < 1.29 is 33.1 Å². The summed E-state index contributed by atoms with van der Waals surface area (Å²) in [5.41, 5.74) is -0.529. The zero-order valence-electron chi connectivity index (χ0n) is 25.1. The molecule has 1 aliphatic rings. The van der Waals surface area contributed by atoms with Gasteiger partial charge in [0.15, 0.2) is 0 Å². The van der Waals surface area contributed by atoms with E-state index in [1.807, 2.05) is 0 Å². The SMILES string of the molecule is CC(C)[C@H]1NC(=O)C(C)(C)NC(=O)C[C@@H](C(=O)NCCc2ccc(F)cc2)NC(=O)c2ccccc2OC[C@H](C)NC1=O. The van der Waals surface area contributed by atoms with Gasteiger partial charge in [0.25, 0.3) is 5.91 Å². The molecule has 1 aliphatic heterocycles. The smallest absolute Gasteiger partial charge is 0.255 e. The van der Waals surface area contributed by atoms with Crippen molar-refractivity contribution in [3.05, 3.63) is 65.5 Å². The predicted molar refractivity (Wildman–Crippen MR) is 158 cm³/mol.